The molecule has 0 aliphatic heterocycles. The van der Waals surface area contributed by atoms with Crippen LogP contribution in [0, 0.1) is 11.3 Å². The van der Waals surface area contributed by atoms with Crippen molar-refractivity contribution in [3.8, 4) is 0 Å². The molecule has 0 fully saturated rings. The second-order valence-corrected chi connectivity index (χ2v) is 5.83. The van der Waals surface area contributed by atoms with E-state index in [-0.39, 0.29) is 0 Å². The van der Waals surface area contributed by atoms with E-state index in [0.29, 0.717) is 17.9 Å². The van der Waals surface area contributed by atoms with Crippen molar-refractivity contribution < 1.29 is 4.42 Å². The summed E-state index contributed by atoms with van der Waals surface area (Å²) in [6, 6.07) is 0. The van der Waals surface area contributed by atoms with Crippen LogP contribution in [0.4, 0.5) is 0 Å². The predicted molar refractivity (Wildman–Crippen MR) is 66.2 cm³/mol. The average Bonchev–Trinajstić information content (AvgIpc) is 2.49. The van der Waals surface area contributed by atoms with Gasteiger partial charge in [0, 0.05) is 19.4 Å². The monoisotopic (exact) mass is 224 g/mol. The third-order valence-electron chi connectivity index (χ3n) is 2.47. The molecule has 92 valence electrons. The first-order chi connectivity index (χ1) is 7.40. The maximum absolute atomic E-state index is 5.62. The van der Waals surface area contributed by atoms with E-state index in [4.69, 9.17) is 10.2 Å². The summed E-state index contributed by atoms with van der Waals surface area (Å²) < 4.78 is 5.62. The van der Waals surface area contributed by atoms with Crippen LogP contribution in [-0.4, -0.2) is 11.5 Å². The molecule has 1 atom stereocenters. The van der Waals surface area contributed by atoms with Crippen molar-refractivity contribution >= 4 is 0 Å². The number of aromatic nitrogens is 1. The van der Waals surface area contributed by atoms with Crippen LogP contribution >= 0.6 is 0 Å². The van der Waals surface area contributed by atoms with Crippen molar-refractivity contribution in [3.63, 3.8) is 0 Å². The van der Waals surface area contributed by atoms with Gasteiger partial charge in [0.25, 0.3) is 0 Å². The number of hydrogen-bond acceptors (Lipinski definition) is 3. The molecule has 0 amide bonds. The summed E-state index contributed by atoms with van der Waals surface area (Å²) in [5.74, 6) is 2.37. The lowest BCUT2D eigenvalue weighted by Crippen LogP contribution is -2.12. The minimum absolute atomic E-state index is 0.375. The second kappa shape index (κ2) is 5.48. The Morgan fingerprint density at radius 1 is 1.44 bits per heavy atom. The van der Waals surface area contributed by atoms with Gasteiger partial charge in [-0.15, -0.1) is 0 Å². The van der Waals surface area contributed by atoms with E-state index in [1.165, 1.54) is 6.42 Å². The molecule has 0 aromatic carbocycles. The van der Waals surface area contributed by atoms with Crippen LogP contribution in [0.15, 0.2) is 10.6 Å². The maximum Gasteiger partial charge on any atom is 0.195 e. The van der Waals surface area contributed by atoms with Gasteiger partial charge in [-0.1, -0.05) is 27.7 Å². The Hall–Kier alpha value is -0.830. The molecule has 0 spiro atoms. The molecule has 0 saturated carbocycles. The van der Waals surface area contributed by atoms with Gasteiger partial charge in [0.05, 0.1) is 6.20 Å². The molecular formula is C13H24N2O. The molecule has 2 N–H and O–H groups in total. The third-order valence-corrected chi connectivity index (χ3v) is 2.47. The summed E-state index contributed by atoms with van der Waals surface area (Å²) in [5.41, 5.74) is 5.83. The third kappa shape index (κ3) is 4.79. The van der Waals surface area contributed by atoms with Crippen molar-refractivity contribution in [2.24, 2.45) is 17.1 Å². The Balaban J connectivity index is 2.46. The summed E-state index contributed by atoms with van der Waals surface area (Å²) in [5, 5.41) is 0. The quantitative estimate of drug-likeness (QED) is 0.836. The van der Waals surface area contributed by atoms with Crippen LogP contribution in [0.3, 0.4) is 0 Å². The molecule has 1 unspecified atom stereocenters. The van der Waals surface area contributed by atoms with Gasteiger partial charge in [0.15, 0.2) is 5.89 Å². The van der Waals surface area contributed by atoms with Crippen LogP contribution in [-0.2, 0) is 12.8 Å². The topological polar surface area (TPSA) is 52.0 Å². The molecule has 1 aromatic rings. The van der Waals surface area contributed by atoms with Gasteiger partial charge in [0.1, 0.15) is 5.76 Å². The van der Waals surface area contributed by atoms with Gasteiger partial charge in [-0.25, -0.2) is 4.98 Å². The first-order valence-corrected chi connectivity index (χ1v) is 6.04. The zero-order valence-corrected chi connectivity index (χ0v) is 10.9. The predicted octanol–water partition coefficient (Wildman–Crippen LogP) is 2.79. The van der Waals surface area contributed by atoms with Gasteiger partial charge >= 0.3 is 0 Å². The lowest BCUT2D eigenvalue weighted by molar-refractivity contribution is 0.294. The van der Waals surface area contributed by atoms with E-state index in [1.807, 2.05) is 6.20 Å². The lowest BCUT2D eigenvalue weighted by atomic mass is 9.84. The number of rotatable bonds is 5. The average molecular weight is 224 g/mol. The van der Waals surface area contributed by atoms with Crippen molar-refractivity contribution in [1.82, 2.24) is 4.98 Å². The van der Waals surface area contributed by atoms with Crippen LogP contribution < -0.4 is 5.73 Å². The Bertz CT molecular complexity index is 312. The zero-order valence-electron chi connectivity index (χ0n) is 10.9. The fourth-order valence-corrected chi connectivity index (χ4v) is 2.14. The zero-order chi connectivity index (χ0) is 12.2. The number of nitrogens with zero attached hydrogens (tertiary/aromatic N) is 1. The highest BCUT2D eigenvalue weighted by Crippen LogP contribution is 2.26. The molecular weight excluding hydrogens is 200 g/mol. The summed E-state index contributed by atoms with van der Waals surface area (Å²) in [4.78, 5) is 4.21. The van der Waals surface area contributed by atoms with Crippen LogP contribution in [0.2, 0.25) is 0 Å². The molecule has 0 aliphatic rings. The molecule has 1 rings (SSSR count). The fraction of sp³-hybridized carbons (Fsp3) is 0.769. The first kappa shape index (κ1) is 13.2. The molecule has 1 heterocycles. The van der Waals surface area contributed by atoms with E-state index in [2.05, 4.69) is 32.7 Å². The molecule has 16 heavy (non-hydrogen) atoms. The van der Waals surface area contributed by atoms with Crippen molar-refractivity contribution in [2.45, 2.75) is 47.0 Å². The normalized spacial score (nSPS) is 14.1. The largest absolute Gasteiger partial charge is 0.446 e. The minimum atomic E-state index is 0.375. The standard InChI is InChI=1S/C13H24N2O/c1-10(8-13(2,3)4)7-11-9-15-12(16-11)5-6-14/h9-10H,5-8,14H2,1-4H3. The summed E-state index contributed by atoms with van der Waals surface area (Å²) in [6.45, 7) is 9.66. The molecule has 3 heteroatoms. The van der Waals surface area contributed by atoms with E-state index in [9.17, 15) is 0 Å². The van der Waals surface area contributed by atoms with Crippen molar-refractivity contribution in [2.75, 3.05) is 6.54 Å². The highest BCUT2D eigenvalue weighted by atomic mass is 16.4. The first-order valence-electron chi connectivity index (χ1n) is 6.04. The van der Waals surface area contributed by atoms with Gasteiger partial charge in [-0.2, -0.15) is 0 Å². The van der Waals surface area contributed by atoms with E-state index >= 15 is 0 Å². The van der Waals surface area contributed by atoms with Gasteiger partial charge in [0.2, 0.25) is 0 Å². The number of nitrogens with two attached hydrogens (primary N) is 1. The molecule has 0 bridgehead atoms. The second-order valence-electron chi connectivity index (χ2n) is 5.83. The van der Waals surface area contributed by atoms with E-state index in [0.717, 1.165) is 24.5 Å². The van der Waals surface area contributed by atoms with Gasteiger partial charge < -0.3 is 10.2 Å². The minimum Gasteiger partial charge on any atom is -0.446 e. The van der Waals surface area contributed by atoms with Gasteiger partial charge in [-0.3, -0.25) is 0 Å². The van der Waals surface area contributed by atoms with E-state index < -0.39 is 0 Å². The van der Waals surface area contributed by atoms with Gasteiger partial charge in [-0.05, 0) is 17.8 Å². The molecule has 0 saturated heterocycles. The van der Waals surface area contributed by atoms with Crippen LogP contribution in [0.25, 0.3) is 0 Å². The number of oxazole rings is 1. The Kier molecular flexibility index (Phi) is 4.54. The highest BCUT2D eigenvalue weighted by Gasteiger charge is 2.17. The van der Waals surface area contributed by atoms with Crippen LogP contribution in [0.1, 0.15) is 45.8 Å². The highest BCUT2D eigenvalue weighted by molar-refractivity contribution is 4.96. The summed E-state index contributed by atoms with van der Waals surface area (Å²) in [7, 11) is 0. The molecule has 0 radical (unpaired) electrons. The Labute approximate surface area is 98.4 Å². The van der Waals surface area contributed by atoms with Crippen LogP contribution in [0.5, 0.6) is 0 Å². The molecule has 3 nitrogen and oxygen atoms in total. The summed E-state index contributed by atoms with van der Waals surface area (Å²) in [6.07, 6.45) is 4.73. The number of hydrogen-bond donors (Lipinski definition) is 1. The van der Waals surface area contributed by atoms with E-state index in [1.54, 1.807) is 0 Å². The lowest BCUT2D eigenvalue weighted by Gasteiger charge is -2.22. The Morgan fingerprint density at radius 2 is 2.12 bits per heavy atom. The summed E-state index contributed by atoms with van der Waals surface area (Å²) >= 11 is 0. The maximum atomic E-state index is 5.62. The van der Waals surface area contributed by atoms with Crippen molar-refractivity contribution in [3.05, 3.63) is 17.8 Å². The SMILES string of the molecule is CC(Cc1cnc(CCN)o1)CC(C)(C)C. The smallest absolute Gasteiger partial charge is 0.195 e. The molecule has 0 aliphatic carbocycles. The molecule has 1 aromatic heterocycles. The van der Waals surface area contributed by atoms with Crippen molar-refractivity contribution in [1.29, 1.82) is 0 Å². The Morgan fingerprint density at radius 3 is 2.69 bits per heavy atom. The fourth-order valence-electron chi connectivity index (χ4n) is 2.14.